The second-order valence-corrected chi connectivity index (χ2v) is 4.95. The van der Waals surface area contributed by atoms with Gasteiger partial charge in [-0.3, -0.25) is 0 Å². The largest absolute Gasteiger partial charge is 0.367 e. The van der Waals surface area contributed by atoms with E-state index >= 15 is 0 Å². The van der Waals surface area contributed by atoms with Gasteiger partial charge in [-0.2, -0.15) is 0 Å². The molecule has 3 rings (SSSR count). The summed E-state index contributed by atoms with van der Waals surface area (Å²) in [5.41, 5.74) is 12.1. The molecule has 3 aromatic rings. The Bertz CT molecular complexity index is 745. The van der Waals surface area contributed by atoms with E-state index in [2.05, 4.69) is 37.2 Å². The van der Waals surface area contributed by atoms with E-state index in [4.69, 9.17) is 10.3 Å². The molecule has 0 aliphatic rings. The van der Waals surface area contributed by atoms with Crippen LogP contribution in [0.3, 0.4) is 0 Å². The summed E-state index contributed by atoms with van der Waals surface area (Å²) in [7, 11) is 0. The fourth-order valence-corrected chi connectivity index (χ4v) is 2.45. The van der Waals surface area contributed by atoms with Crippen molar-refractivity contribution in [2.45, 2.75) is 13.8 Å². The van der Waals surface area contributed by atoms with Gasteiger partial charge in [0.2, 0.25) is 5.88 Å². The number of nitrogens with zero attached hydrogens (tertiary/aromatic N) is 1. The topological polar surface area (TPSA) is 52.0 Å². The Hall–Kier alpha value is -2.55. The maximum Gasteiger partial charge on any atom is 0.230 e. The summed E-state index contributed by atoms with van der Waals surface area (Å²) >= 11 is 0. The summed E-state index contributed by atoms with van der Waals surface area (Å²) in [5, 5.41) is 4.15. The average Bonchev–Trinajstić information content (AvgIpc) is 2.81. The summed E-state index contributed by atoms with van der Waals surface area (Å²) in [5.74, 6) is 0.353. The lowest BCUT2D eigenvalue weighted by atomic mass is 9.97. The second-order valence-electron chi connectivity index (χ2n) is 4.95. The first-order valence-electron chi connectivity index (χ1n) is 6.55. The van der Waals surface area contributed by atoms with E-state index in [1.54, 1.807) is 0 Å². The molecule has 0 atom stereocenters. The van der Waals surface area contributed by atoms with Crippen LogP contribution in [0.5, 0.6) is 0 Å². The van der Waals surface area contributed by atoms with E-state index in [9.17, 15) is 0 Å². The lowest BCUT2D eigenvalue weighted by Gasteiger charge is -2.06. The van der Waals surface area contributed by atoms with Gasteiger partial charge in [0.25, 0.3) is 0 Å². The van der Waals surface area contributed by atoms with Crippen molar-refractivity contribution in [1.29, 1.82) is 0 Å². The molecule has 0 bridgehead atoms. The van der Waals surface area contributed by atoms with Gasteiger partial charge >= 0.3 is 0 Å². The van der Waals surface area contributed by atoms with E-state index in [-0.39, 0.29) is 0 Å². The van der Waals surface area contributed by atoms with Gasteiger partial charge in [-0.25, -0.2) is 0 Å². The van der Waals surface area contributed by atoms with Crippen molar-refractivity contribution >= 4 is 5.88 Å². The van der Waals surface area contributed by atoms with Crippen LogP contribution in [0.4, 0.5) is 5.88 Å². The van der Waals surface area contributed by atoms with Crippen LogP contribution in [0.1, 0.15) is 11.1 Å². The standard InChI is InChI=1S/C17H16N2O/c1-11-8-9-14(12(2)10-11)16-15(17(18)20-19-16)13-6-4-3-5-7-13/h3-10H,18H2,1-2H3. The molecule has 0 aliphatic carbocycles. The minimum atomic E-state index is 0.353. The average molecular weight is 264 g/mol. The maximum absolute atomic E-state index is 5.96. The third-order valence-corrected chi connectivity index (χ3v) is 3.42. The van der Waals surface area contributed by atoms with Crippen molar-refractivity contribution in [3.8, 4) is 22.4 Å². The Kier molecular flexibility index (Phi) is 3.03. The summed E-state index contributed by atoms with van der Waals surface area (Å²) in [4.78, 5) is 0. The molecule has 0 radical (unpaired) electrons. The van der Waals surface area contributed by atoms with Crippen LogP contribution in [0.25, 0.3) is 22.4 Å². The Morgan fingerprint density at radius 3 is 2.45 bits per heavy atom. The van der Waals surface area contributed by atoms with Crippen molar-refractivity contribution in [3.63, 3.8) is 0 Å². The van der Waals surface area contributed by atoms with Gasteiger partial charge in [0, 0.05) is 5.56 Å². The molecule has 0 spiro atoms. The number of nitrogen functional groups attached to an aromatic ring is 1. The third kappa shape index (κ3) is 2.07. The van der Waals surface area contributed by atoms with Gasteiger partial charge < -0.3 is 10.3 Å². The molecule has 2 aromatic carbocycles. The highest BCUT2D eigenvalue weighted by Crippen LogP contribution is 2.37. The van der Waals surface area contributed by atoms with E-state index in [1.807, 2.05) is 30.3 Å². The molecule has 3 heteroatoms. The van der Waals surface area contributed by atoms with E-state index in [0.29, 0.717) is 5.88 Å². The van der Waals surface area contributed by atoms with Crippen LogP contribution in [0.15, 0.2) is 53.1 Å². The van der Waals surface area contributed by atoms with E-state index in [0.717, 1.165) is 27.9 Å². The summed E-state index contributed by atoms with van der Waals surface area (Å²) in [6, 6.07) is 16.2. The first-order chi connectivity index (χ1) is 9.66. The minimum Gasteiger partial charge on any atom is -0.367 e. The monoisotopic (exact) mass is 264 g/mol. The van der Waals surface area contributed by atoms with Crippen LogP contribution in [-0.2, 0) is 0 Å². The van der Waals surface area contributed by atoms with Crippen molar-refractivity contribution in [3.05, 3.63) is 59.7 Å². The predicted octanol–water partition coefficient (Wildman–Crippen LogP) is 4.21. The van der Waals surface area contributed by atoms with Crippen LogP contribution in [0, 0.1) is 13.8 Å². The van der Waals surface area contributed by atoms with Gasteiger partial charge in [-0.05, 0) is 25.0 Å². The fourth-order valence-electron chi connectivity index (χ4n) is 2.45. The van der Waals surface area contributed by atoms with Crippen molar-refractivity contribution in [1.82, 2.24) is 5.16 Å². The zero-order valence-corrected chi connectivity index (χ0v) is 11.6. The normalized spacial score (nSPS) is 10.7. The maximum atomic E-state index is 5.96. The summed E-state index contributed by atoms with van der Waals surface area (Å²) in [6.07, 6.45) is 0. The van der Waals surface area contributed by atoms with Gasteiger partial charge in [-0.15, -0.1) is 0 Å². The summed E-state index contributed by atoms with van der Waals surface area (Å²) in [6.45, 7) is 4.15. The first kappa shape index (κ1) is 12.5. The lowest BCUT2D eigenvalue weighted by Crippen LogP contribution is -1.90. The molecule has 100 valence electrons. The highest BCUT2D eigenvalue weighted by Gasteiger charge is 2.18. The fraction of sp³-hybridized carbons (Fsp3) is 0.118. The zero-order valence-electron chi connectivity index (χ0n) is 11.6. The molecule has 3 nitrogen and oxygen atoms in total. The number of benzene rings is 2. The molecule has 0 saturated carbocycles. The van der Waals surface area contributed by atoms with Gasteiger partial charge in [0.1, 0.15) is 5.69 Å². The van der Waals surface area contributed by atoms with Crippen molar-refractivity contribution in [2.24, 2.45) is 0 Å². The first-order valence-corrected chi connectivity index (χ1v) is 6.55. The molecule has 1 heterocycles. The molecule has 0 unspecified atom stereocenters. The van der Waals surface area contributed by atoms with Gasteiger partial charge in [0.15, 0.2) is 0 Å². The molecular formula is C17H16N2O. The predicted molar refractivity (Wildman–Crippen MR) is 81.3 cm³/mol. The summed E-state index contributed by atoms with van der Waals surface area (Å²) < 4.78 is 5.22. The van der Waals surface area contributed by atoms with Crippen LogP contribution in [0.2, 0.25) is 0 Å². The SMILES string of the molecule is Cc1ccc(-c2noc(N)c2-c2ccccc2)c(C)c1. The third-order valence-electron chi connectivity index (χ3n) is 3.42. The highest BCUT2D eigenvalue weighted by molar-refractivity contribution is 5.87. The molecular weight excluding hydrogens is 248 g/mol. The van der Waals surface area contributed by atoms with Gasteiger partial charge in [-0.1, -0.05) is 59.3 Å². The molecule has 0 aliphatic heterocycles. The van der Waals surface area contributed by atoms with Gasteiger partial charge in [0.05, 0.1) is 5.56 Å². The smallest absolute Gasteiger partial charge is 0.230 e. The number of aromatic nitrogens is 1. The number of nitrogens with two attached hydrogens (primary N) is 1. The minimum absolute atomic E-state index is 0.353. The van der Waals surface area contributed by atoms with Crippen molar-refractivity contribution < 1.29 is 4.52 Å². The molecule has 1 aromatic heterocycles. The van der Waals surface area contributed by atoms with Crippen LogP contribution in [-0.4, -0.2) is 5.16 Å². The number of anilines is 1. The quantitative estimate of drug-likeness (QED) is 0.754. The number of rotatable bonds is 2. The Morgan fingerprint density at radius 1 is 1.00 bits per heavy atom. The Morgan fingerprint density at radius 2 is 1.75 bits per heavy atom. The zero-order chi connectivity index (χ0) is 14.1. The van der Waals surface area contributed by atoms with Crippen LogP contribution >= 0.6 is 0 Å². The Labute approximate surface area is 118 Å². The van der Waals surface area contributed by atoms with Crippen molar-refractivity contribution in [2.75, 3.05) is 5.73 Å². The molecule has 20 heavy (non-hydrogen) atoms. The number of hydrogen-bond donors (Lipinski definition) is 1. The highest BCUT2D eigenvalue weighted by atomic mass is 16.5. The number of hydrogen-bond acceptors (Lipinski definition) is 3. The second kappa shape index (κ2) is 4.85. The lowest BCUT2D eigenvalue weighted by molar-refractivity contribution is 0.439. The number of aryl methyl sites for hydroxylation is 2. The molecule has 0 amide bonds. The van der Waals surface area contributed by atoms with E-state index < -0.39 is 0 Å². The molecule has 2 N–H and O–H groups in total. The molecule has 0 fully saturated rings. The van der Waals surface area contributed by atoms with E-state index in [1.165, 1.54) is 5.56 Å². The van der Waals surface area contributed by atoms with Crippen LogP contribution < -0.4 is 5.73 Å². The Balaban J connectivity index is 2.21. The molecule has 0 saturated heterocycles.